The van der Waals surface area contributed by atoms with Crippen molar-refractivity contribution in [3.8, 4) is 11.4 Å². The summed E-state index contributed by atoms with van der Waals surface area (Å²) in [5.74, 6) is -4.08. The van der Waals surface area contributed by atoms with Gasteiger partial charge < -0.3 is 19.1 Å². The van der Waals surface area contributed by atoms with Crippen LogP contribution in [0.5, 0.6) is 5.75 Å². The number of benzene rings is 3. The number of imidazole rings is 1. The van der Waals surface area contributed by atoms with Gasteiger partial charge in [0.2, 0.25) is 10.0 Å². The molecule has 3 aliphatic rings. The van der Waals surface area contributed by atoms with Crippen LogP contribution in [0.1, 0.15) is 50.4 Å². The van der Waals surface area contributed by atoms with E-state index in [1.807, 2.05) is 26.0 Å². The Labute approximate surface area is 329 Å². The number of aromatic nitrogens is 2. The van der Waals surface area contributed by atoms with Crippen LogP contribution in [0.2, 0.25) is 5.02 Å². The summed E-state index contributed by atoms with van der Waals surface area (Å²) in [5, 5.41) is 12.7. The lowest BCUT2D eigenvalue weighted by Crippen LogP contribution is -2.67. The first-order valence-corrected chi connectivity index (χ1v) is 21.0. The smallest absolute Gasteiger partial charge is 0.243 e. The molecule has 0 aliphatic carbocycles. The number of carboxylic acid groups (broad SMARTS) is 1. The van der Waals surface area contributed by atoms with Crippen molar-refractivity contribution in [3.63, 3.8) is 0 Å². The van der Waals surface area contributed by atoms with E-state index in [1.165, 1.54) is 26.2 Å². The Morgan fingerprint density at radius 3 is 2.27 bits per heavy atom. The van der Waals surface area contributed by atoms with Crippen molar-refractivity contribution in [1.29, 1.82) is 0 Å². The van der Waals surface area contributed by atoms with Gasteiger partial charge in [-0.1, -0.05) is 43.3 Å². The number of thioether (sulfide) groups is 1. The van der Waals surface area contributed by atoms with Crippen molar-refractivity contribution in [2.75, 3.05) is 59.5 Å². The number of halogens is 4. The van der Waals surface area contributed by atoms with Gasteiger partial charge in [0.05, 0.1) is 67.1 Å². The number of quaternary nitrogens is 1. The van der Waals surface area contributed by atoms with E-state index in [0.29, 0.717) is 40.2 Å². The SMILES string of the molecule is COc1cc(C(C)(C)c2cnc(SCc3c(F)cc(S(=O)(=O)N(CCCC[N+]45CCN(CC4)CC5)[C@H](C)C(=O)[O-])cc3F)n2-c2ccc(F)cc2)ccc1Cl. The third kappa shape index (κ3) is 8.57. The number of sulfonamides is 1. The van der Waals surface area contributed by atoms with E-state index >= 15 is 8.78 Å². The molecule has 0 amide bonds. The molecule has 4 heterocycles. The molecule has 16 heteroatoms. The lowest BCUT2D eigenvalue weighted by molar-refractivity contribution is -0.941. The lowest BCUT2D eigenvalue weighted by atomic mass is 9.81. The molecule has 3 aromatic carbocycles. The van der Waals surface area contributed by atoms with Crippen molar-refractivity contribution in [3.05, 3.63) is 100 Å². The number of ether oxygens (including phenoxy) is 1. The van der Waals surface area contributed by atoms with Crippen LogP contribution in [0, 0.1) is 17.5 Å². The second-order valence-corrected chi connectivity index (χ2v) is 18.0. The lowest BCUT2D eigenvalue weighted by Gasteiger charge is -2.50. The molecule has 0 unspecified atom stereocenters. The van der Waals surface area contributed by atoms with Crippen molar-refractivity contribution in [2.24, 2.45) is 0 Å². The summed E-state index contributed by atoms with van der Waals surface area (Å²) in [6, 6.07) is 11.0. The fourth-order valence-corrected chi connectivity index (χ4v) is 10.3. The van der Waals surface area contributed by atoms with E-state index in [-0.39, 0.29) is 12.3 Å². The first kappa shape index (κ1) is 41.0. The molecule has 0 N–H and O–H groups in total. The summed E-state index contributed by atoms with van der Waals surface area (Å²) in [6.45, 7) is 12.0. The summed E-state index contributed by atoms with van der Waals surface area (Å²) >= 11 is 7.30. The van der Waals surface area contributed by atoms with Gasteiger partial charge in [-0.05, 0) is 73.9 Å². The first-order chi connectivity index (χ1) is 26.1. The van der Waals surface area contributed by atoms with E-state index in [9.17, 15) is 22.7 Å². The second-order valence-electron chi connectivity index (χ2n) is 14.8. The van der Waals surface area contributed by atoms with Crippen LogP contribution in [0.4, 0.5) is 13.2 Å². The number of hydrogen-bond acceptors (Lipinski definition) is 8. The van der Waals surface area contributed by atoms with Crippen LogP contribution >= 0.6 is 23.4 Å². The zero-order valence-electron chi connectivity index (χ0n) is 31.2. The summed E-state index contributed by atoms with van der Waals surface area (Å²) in [5.41, 5.74) is 0.954. The molecule has 55 heavy (non-hydrogen) atoms. The molecule has 1 atom stereocenters. The second kappa shape index (κ2) is 16.5. The maximum atomic E-state index is 15.8. The average molecular weight is 820 g/mol. The monoisotopic (exact) mass is 819 g/mol. The average Bonchev–Trinajstić information content (AvgIpc) is 3.60. The Bertz CT molecular complexity index is 2110. The molecule has 0 radical (unpaired) electrons. The molecule has 3 fully saturated rings. The number of methoxy groups -OCH3 is 1. The van der Waals surface area contributed by atoms with Gasteiger partial charge in [0.15, 0.2) is 5.16 Å². The number of aliphatic carboxylic acids is 1. The minimum atomic E-state index is -4.64. The zero-order chi connectivity index (χ0) is 39.7. The highest BCUT2D eigenvalue weighted by molar-refractivity contribution is 7.98. The Kier molecular flexibility index (Phi) is 12.3. The van der Waals surface area contributed by atoms with Gasteiger partial charge in [-0.2, -0.15) is 4.31 Å². The van der Waals surface area contributed by atoms with Crippen molar-refractivity contribution < 1.29 is 40.7 Å². The molecule has 7 rings (SSSR count). The highest BCUT2D eigenvalue weighted by Crippen LogP contribution is 2.40. The fraction of sp³-hybridized carbons (Fsp3) is 0.436. The molecule has 3 aliphatic heterocycles. The molecule has 1 aromatic heterocycles. The minimum Gasteiger partial charge on any atom is -0.548 e. The van der Waals surface area contributed by atoms with Crippen LogP contribution in [0.25, 0.3) is 5.69 Å². The van der Waals surface area contributed by atoms with Crippen molar-refractivity contribution in [1.82, 2.24) is 18.8 Å². The maximum Gasteiger partial charge on any atom is 0.243 e. The standard InChI is InChI=1S/C39H45ClF3N5O5S2/c1-26(37(49)50)46(13-5-6-17-48-18-14-45(15-19-48)16-20-48)55(51,52)30-22-33(42)31(34(43)23-30)25-54-38-44-24-36(47(38)29-10-8-28(41)9-11-29)39(2,3)27-7-12-32(40)35(21-27)53-4/h7-12,21-24,26H,5-6,13-20,25H2,1-4H3/t26-/m1/s1. The minimum absolute atomic E-state index is 0.141. The van der Waals surface area contributed by atoms with Gasteiger partial charge in [0.25, 0.3) is 0 Å². The Morgan fingerprint density at radius 1 is 1.04 bits per heavy atom. The van der Waals surface area contributed by atoms with E-state index in [4.69, 9.17) is 16.3 Å². The van der Waals surface area contributed by atoms with E-state index < -0.39 is 55.4 Å². The van der Waals surface area contributed by atoms with Crippen LogP contribution in [-0.4, -0.2) is 103 Å². The van der Waals surface area contributed by atoms with E-state index in [0.717, 1.165) is 84.1 Å². The number of rotatable bonds is 16. The molecular formula is C39H45ClF3N5O5S2. The molecule has 0 spiro atoms. The van der Waals surface area contributed by atoms with E-state index in [1.54, 1.807) is 29.0 Å². The number of piperazine rings is 3. The van der Waals surface area contributed by atoms with E-state index in [2.05, 4.69) is 9.88 Å². The van der Waals surface area contributed by atoms with Gasteiger partial charge in [-0.25, -0.2) is 26.6 Å². The summed E-state index contributed by atoms with van der Waals surface area (Å²) in [6.07, 6.45) is 2.69. The first-order valence-electron chi connectivity index (χ1n) is 18.2. The number of nitrogens with zero attached hydrogens (tertiary/aromatic N) is 5. The van der Waals surface area contributed by atoms with Crippen LogP contribution < -0.4 is 9.84 Å². The molecule has 296 valence electrons. The normalized spacial score (nSPS) is 19.2. The highest BCUT2D eigenvalue weighted by Gasteiger charge is 2.38. The van der Waals surface area contributed by atoms with Gasteiger partial charge in [-0.15, -0.1) is 0 Å². The van der Waals surface area contributed by atoms with Gasteiger partial charge in [-0.3, -0.25) is 9.47 Å². The number of carbonyl (C=O) groups is 1. The van der Waals surface area contributed by atoms with Gasteiger partial charge in [0.1, 0.15) is 23.2 Å². The van der Waals surface area contributed by atoms with Crippen molar-refractivity contribution >= 4 is 39.4 Å². The number of unbranched alkanes of at least 4 members (excludes halogenated alkanes) is 1. The fourth-order valence-electron chi connectivity index (χ4n) is 7.47. The van der Waals surface area contributed by atoms with Gasteiger partial charge >= 0.3 is 0 Å². The third-order valence-electron chi connectivity index (χ3n) is 11.1. The molecule has 0 saturated carbocycles. The summed E-state index contributed by atoms with van der Waals surface area (Å²) in [4.78, 5) is 18.3. The predicted octanol–water partition coefficient (Wildman–Crippen LogP) is 5.63. The number of fused-ring (bicyclic) bond motifs is 3. The van der Waals surface area contributed by atoms with Gasteiger partial charge in [0, 0.05) is 48.6 Å². The topological polar surface area (TPSA) is 108 Å². The third-order valence-corrected chi connectivity index (χ3v) is 14.3. The molecule has 10 nitrogen and oxygen atoms in total. The quantitative estimate of drug-likeness (QED) is 0.0815. The molecule has 3 saturated heterocycles. The Morgan fingerprint density at radius 2 is 1.67 bits per heavy atom. The molecular weight excluding hydrogens is 775 g/mol. The molecule has 2 bridgehead atoms. The zero-order valence-corrected chi connectivity index (χ0v) is 33.6. The maximum absolute atomic E-state index is 15.8. The summed E-state index contributed by atoms with van der Waals surface area (Å²) < 4.78 is 82.2. The molecule has 4 aromatic rings. The van der Waals surface area contributed by atoms with Crippen LogP contribution in [0.3, 0.4) is 0 Å². The van der Waals surface area contributed by atoms with Crippen LogP contribution in [-0.2, 0) is 26.0 Å². The van der Waals surface area contributed by atoms with Crippen LogP contribution in [0.15, 0.2) is 70.8 Å². The highest BCUT2D eigenvalue weighted by atomic mass is 35.5. The Balaban J connectivity index is 1.24. The number of carbonyl (C=O) groups excluding carboxylic acids is 1. The van der Waals surface area contributed by atoms with Crippen molar-refractivity contribution in [2.45, 2.75) is 60.9 Å². The number of hydrogen-bond donors (Lipinski definition) is 0. The Hall–Kier alpha value is -3.60. The predicted molar refractivity (Wildman–Crippen MR) is 203 cm³/mol. The summed E-state index contributed by atoms with van der Waals surface area (Å²) in [7, 11) is -3.12. The largest absolute Gasteiger partial charge is 0.548 e. The number of carboxylic acids is 1.